The lowest BCUT2D eigenvalue weighted by atomic mass is 10.0. The number of benzene rings is 2. The summed E-state index contributed by atoms with van der Waals surface area (Å²) in [7, 11) is 0. The van der Waals surface area contributed by atoms with Crippen molar-refractivity contribution in [1.82, 2.24) is 4.90 Å². The third-order valence-corrected chi connectivity index (χ3v) is 4.31. The Hall–Kier alpha value is -3.35. The number of esters is 1. The van der Waals surface area contributed by atoms with Gasteiger partial charge in [0.1, 0.15) is 18.4 Å². The number of rotatable bonds is 7. The van der Waals surface area contributed by atoms with Gasteiger partial charge in [-0.1, -0.05) is 30.3 Å². The number of cyclic esters (lactones) is 1. The van der Waals surface area contributed by atoms with Crippen LogP contribution in [0.15, 0.2) is 54.6 Å². The van der Waals surface area contributed by atoms with Gasteiger partial charge in [0.25, 0.3) is 0 Å². The van der Waals surface area contributed by atoms with E-state index in [1.165, 1.54) is 0 Å². The Morgan fingerprint density at radius 2 is 1.81 bits per heavy atom. The van der Waals surface area contributed by atoms with Crippen LogP contribution in [0.25, 0.3) is 0 Å². The maximum Gasteiger partial charge on any atom is 0.410 e. The zero-order chi connectivity index (χ0) is 19.2. The quantitative estimate of drug-likeness (QED) is 0.595. The maximum atomic E-state index is 12.3. The number of Topliss-reactive ketones (excluding diaryl/α,β-unsaturated/α-hetero) is 1. The number of ketones is 1. The highest BCUT2D eigenvalue weighted by Gasteiger charge is 2.37. The largest absolute Gasteiger partial charge is 0.489 e. The summed E-state index contributed by atoms with van der Waals surface area (Å²) in [6.07, 6.45) is -1.09. The Bertz CT molecular complexity index is 818. The molecule has 1 amide bonds. The van der Waals surface area contributed by atoms with E-state index in [0.29, 0.717) is 17.9 Å². The Labute approximate surface area is 156 Å². The van der Waals surface area contributed by atoms with E-state index in [-0.39, 0.29) is 25.4 Å². The number of hydrogen-bond donors (Lipinski definition) is 1. The van der Waals surface area contributed by atoms with Crippen LogP contribution in [0.5, 0.6) is 5.75 Å². The summed E-state index contributed by atoms with van der Waals surface area (Å²) in [4.78, 5) is 35.9. The molecule has 2 aromatic rings. The van der Waals surface area contributed by atoms with Gasteiger partial charge in [0.2, 0.25) is 0 Å². The fourth-order valence-corrected chi connectivity index (χ4v) is 2.80. The van der Waals surface area contributed by atoms with Crippen molar-refractivity contribution in [2.45, 2.75) is 25.5 Å². The second-order valence-corrected chi connectivity index (χ2v) is 6.12. The SMILES string of the molecule is O=C(CCC1C(=O)OCN1C(=O)O)c1ccc(OCc2ccccc2)cc1. The minimum Gasteiger partial charge on any atom is -0.489 e. The van der Waals surface area contributed by atoms with Gasteiger partial charge in [0, 0.05) is 12.0 Å². The van der Waals surface area contributed by atoms with E-state index >= 15 is 0 Å². The number of carbonyl (C=O) groups excluding carboxylic acids is 2. The molecule has 140 valence electrons. The molecule has 0 saturated carbocycles. The standard InChI is InChI=1S/C20H19NO6/c22-18(11-10-17-19(23)27-13-21(17)20(24)25)15-6-8-16(9-7-15)26-12-14-4-2-1-3-5-14/h1-9,17H,10-13H2,(H,24,25). The first-order valence-electron chi connectivity index (χ1n) is 8.51. The molecule has 2 aromatic carbocycles. The van der Waals surface area contributed by atoms with Crippen molar-refractivity contribution in [1.29, 1.82) is 0 Å². The van der Waals surface area contributed by atoms with Gasteiger partial charge in [-0.3, -0.25) is 9.69 Å². The van der Waals surface area contributed by atoms with E-state index in [1.807, 2.05) is 30.3 Å². The molecule has 1 N–H and O–H groups in total. The average Bonchev–Trinajstić information content (AvgIpc) is 3.06. The molecule has 0 bridgehead atoms. The summed E-state index contributed by atoms with van der Waals surface area (Å²) < 4.78 is 10.4. The molecule has 3 rings (SSSR count). The zero-order valence-corrected chi connectivity index (χ0v) is 14.5. The van der Waals surface area contributed by atoms with Crippen molar-refractivity contribution >= 4 is 17.8 Å². The van der Waals surface area contributed by atoms with Gasteiger partial charge in [-0.15, -0.1) is 0 Å². The number of hydrogen-bond acceptors (Lipinski definition) is 5. The third kappa shape index (κ3) is 4.63. The first-order chi connectivity index (χ1) is 13.0. The van der Waals surface area contributed by atoms with E-state index in [9.17, 15) is 14.4 Å². The van der Waals surface area contributed by atoms with Crippen molar-refractivity contribution < 1.29 is 29.0 Å². The van der Waals surface area contributed by atoms with E-state index in [0.717, 1.165) is 10.5 Å². The van der Waals surface area contributed by atoms with Crippen LogP contribution in [0.2, 0.25) is 0 Å². The molecule has 7 nitrogen and oxygen atoms in total. The number of nitrogens with zero attached hydrogens (tertiary/aromatic N) is 1. The molecule has 1 heterocycles. The number of ether oxygens (including phenoxy) is 2. The van der Waals surface area contributed by atoms with E-state index in [2.05, 4.69) is 0 Å². The molecule has 0 radical (unpaired) electrons. The molecule has 7 heteroatoms. The van der Waals surface area contributed by atoms with Gasteiger partial charge in [-0.2, -0.15) is 0 Å². The highest BCUT2D eigenvalue weighted by Crippen LogP contribution is 2.19. The second-order valence-electron chi connectivity index (χ2n) is 6.12. The average molecular weight is 369 g/mol. The van der Waals surface area contributed by atoms with E-state index in [4.69, 9.17) is 14.6 Å². The summed E-state index contributed by atoms with van der Waals surface area (Å²) in [5.74, 6) is -0.142. The van der Waals surface area contributed by atoms with Crippen molar-refractivity contribution in [2.75, 3.05) is 6.73 Å². The van der Waals surface area contributed by atoms with Crippen LogP contribution in [-0.4, -0.2) is 40.6 Å². The summed E-state index contributed by atoms with van der Waals surface area (Å²) >= 11 is 0. The Balaban J connectivity index is 1.53. The molecule has 0 aromatic heterocycles. The van der Waals surface area contributed by atoms with Crippen LogP contribution in [0, 0.1) is 0 Å². The number of carboxylic acid groups (broad SMARTS) is 1. The van der Waals surface area contributed by atoms with Crippen LogP contribution in [0.1, 0.15) is 28.8 Å². The lowest BCUT2D eigenvalue weighted by Crippen LogP contribution is -2.37. The topological polar surface area (TPSA) is 93.1 Å². The molecular weight excluding hydrogens is 350 g/mol. The predicted molar refractivity (Wildman–Crippen MR) is 95.4 cm³/mol. The van der Waals surface area contributed by atoms with Crippen molar-refractivity contribution in [3.63, 3.8) is 0 Å². The Morgan fingerprint density at radius 3 is 2.48 bits per heavy atom. The highest BCUT2D eigenvalue weighted by molar-refractivity contribution is 5.96. The van der Waals surface area contributed by atoms with Gasteiger partial charge in [-0.25, -0.2) is 9.59 Å². The smallest absolute Gasteiger partial charge is 0.410 e. The summed E-state index contributed by atoms with van der Waals surface area (Å²) in [6, 6.07) is 15.5. The molecule has 1 saturated heterocycles. The Morgan fingerprint density at radius 1 is 1.11 bits per heavy atom. The van der Waals surface area contributed by atoms with Gasteiger partial charge in [0.15, 0.2) is 12.5 Å². The summed E-state index contributed by atoms with van der Waals surface area (Å²) in [5, 5.41) is 9.04. The molecule has 0 spiro atoms. The van der Waals surface area contributed by atoms with Crippen LogP contribution in [0.4, 0.5) is 4.79 Å². The van der Waals surface area contributed by atoms with Gasteiger partial charge >= 0.3 is 12.1 Å². The Kier molecular flexibility index (Phi) is 5.71. The van der Waals surface area contributed by atoms with Crippen molar-refractivity contribution in [3.05, 3.63) is 65.7 Å². The molecule has 1 fully saturated rings. The van der Waals surface area contributed by atoms with Gasteiger partial charge in [0.05, 0.1) is 0 Å². The minimum absolute atomic E-state index is 0.0494. The van der Waals surface area contributed by atoms with E-state index < -0.39 is 18.1 Å². The lowest BCUT2D eigenvalue weighted by molar-refractivity contribution is -0.139. The fraction of sp³-hybridized carbons (Fsp3) is 0.250. The molecule has 1 atom stereocenters. The number of carbonyl (C=O) groups is 3. The summed E-state index contributed by atoms with van der Waals surface area (Å²) in [6.45, 7) is 0.142. The van der Waals surface area contributed by atoms with Crippen LogP contribution in [0.3, 0.4) is 0 Å². The highest BCUT2D eigenvalue weighted by atomic mass is 16.6. The first kappa shape index (κ1) is 18.4. The maximum absolute atomic E-state index is 12.3. The van der Waals surface area contributed by atoms with Crippen LogP contribution >= 0.6 is 0 Å². The predicted octanol–water partition coefficient (Wildman–Crippen LogP) is 3.09. The van der Waals surface area contributed by atoms with Crippen LogP contribution in [-0.2, 0) is 16.1 Å². The molecule has 0 aliphatic carbocycles. The lowest BCUT2D eigenvalue weighted by Gasteiger charge is -2.15. The molecule has 1 unspecified atom stereocenters. The zero-order valence-electron chi connectivity index (χ0n) is 14.5. The van der Waals surface area contributed by atoms with Crippen LogP contribution < -0.4 is 4.74 Å². The first-order valence-corrected chi connectivity index (χ1v) is 8.51. The second kappa shape index (κ2) is 8.35. The van der Waals surface area contributed by atoms with Crippen molar-refractivity contribution in [2.24, 2.45) is 0 Å². The third-order valence-electron chi connectivity index (χ3n) is 4.31. The van der Waals surface area contributed by atoms with Crippen molar-refractivity contribution in [3.8, 4) is 5.75 Å². The monoisotopic (exact) mass is 369 g/mol. The molecular formula is C20H19NO6. The van der Waals surface area contributed by atoms with Gasteiger partial charge < -0.3 is 14.6 Å². The molecule has 27 heavy (non-hydrogen) atoms. The molecule has 1 aliphatic heterocycles. The van der Waals surface area contributed by atoms with Gasteiger partial charge in [-0.05, 0) is 36.2 Å². The summed E-state index contributed by atoms with van der Waals surface area (Å²) in [5.41, 5.74) is 1.53. The molecule has 1 aliphatic rings. The number of amides is 1. The normalized spacial score (nSPS) is 16.1. The van der Waals surface area contributed by atoms with E-state index in [1.54, 1.807) is 24.3 Å². The fourth-order valence-electron chi connectivity index (χ4n) is 2.80. The minimum atomic E-state index is -1.24.